The molecule has 0 radical (unpaired) electrons. The van der Waals surface area contributed by atoms with E-state index < -0.39 is 0 Å². The maximum absolute atomic E-state index is 5.31. The van der Waals surface area contributed by atoms with Gasteiger partial charge in [-0.1, -0.05) is 159 Å². The summed E-state index contributed by atoms with van der Waals surface area (Å²) in [5, 5.41) is 3.48. The second-order valence-corrected chi connectivity index (χ2v) is 14.4. The Morgan fingerprint density at radius 3 is 1.77 bits per heavy atom. The fourth-order valence-corrected chi connectivity index (χ4v) is 8.16. The molecule has 0 N–H and O–H groups in total. The summed E-state index contributed by atoms with van der Waals surface area (Å²) in [7, 11) is 0. The van der Waals surface area contributed by atoms with Gasteiger partial charge >= 0.3 is 0 Å². The van der Waals surface area contributed by atoms with Crippen molar-refractivity contribution in [3.8, 4) is 67.4 Å². The number of benzene rings is 7. The molecule has 2 aromatic heterocycles. The van der Waals surface area contributed by atoms with Gasteiger partial charge in [-0.15, -0.1) is 0 Å². The molecule has 0 atom stereocenters. The first-order valence-electron chi connectivity index (χ1n) is 18.2. The van der Waals surface area contributed by atoms with Crippen LogP contribution in [0.5, 0.6) is 0 Å². The third kappa shape index (κ3) is 5.24. The van der Waals surface area contributed by atoms with E-state index in [0.717, 1.165) is 61.4 Å². The molecule has 0 aliphatic heterocycles. The average molecular weight is 678 g/mol. The van der Waals surface area contributed by atoms with Gasteiger partial charge in [-0.05, 0) is 74.5 Å². The summed E-state index contributed by atoms with van der Waals surface area (Å²) in [6, 6.07) is 62.4. The van der Waals surface area contributed by atoms with Crippen LogP contribution < -0.4 is 0 Å². The Labute approximate surface area is 309 Å². The quantitative estimate of drug-likeness (QED) is 0.182. The number of aromatic nitrogens is 3. The predicted octanol–water partition coefficient (Wildman–Crippen LogP) is 12.8. The van der Waals surface area contributed by atoms with Crippen LogP contribution in [0.15, 0.2) is 176 Å². The molecule has 53 heavy (non-hydrogen) atoms. The Kier molecular flexibility index (Phi) is 7.16. The number of nitrogens with zero attached hydrogens (tertiary/aromatic N) is 3. The van der Waals surface area contributed by atoms with Gasteiger partial charge in [-0.3, -0.25) is 0 Å². The second kappa shape index (κ2) is 12.2. The minimum Gasteiger partial charge on any atom is -0.248 e. The van der Waals surface area contributed by atoms with Crippen molar-refractivity contribution in [2.75, 3.05) is 0 Å². The first-order valence-corrected chi connectivity index (χ1v) is 18.2. The number of rotatable bonds is 5. The number of hydrogen-bond acceptors (Lipinski definition) is 3. The van der Waals surface area contributed by atoms with E-state index in [9.17, 15) is 0 Å². The maximum Gasteiger partial charge on any atom is 0.160 e. The van der Waals surface area contributed by atoms with Gasteiger partial charge in [-0.25, -0.2) is 15.0 Å². The first kappa shape index (κ1) is 31.1. The molecule has 3 nitrogen and oxygen atoms in total. The minimum atomic E-state index is -0.118. The van der Waals surface area contributed by atoms with E-state index in [4.69, 9.17) is 15.0 Å². The van der Waals surface area contributed by atoms with Gasteiger partial charge < -0.3 is 0 Å². The van der Waals surface area contributed by atoms with Gasteiger partial charge in [0.15, 0.2) is 5.82 Å². The highest BCUT2D eigenvalue weighted by Crippen LogP contribution is 2.50. The van der Waals surface area contributed by atoms with Gasteiger partial charge in [0.2, 0.25) is 0 Å². The van der Waals surface area contributed by atoms with Gasteiger partial charge in [0, 0.05) is 33.1 Å². The van der Waals surface area contributed by atoms with Crippen LogP contribution in [0.4, 0.5) is 0 Å². The summed E-state index contributed by atoms with van der Waals surface area (Å²) in [5.41, 5.74) is 15.3. The third-order valence-corrected chi connectivity index (χ3v) is 10.9. The van der Waals surface area contributed by atoms with E-state index in [0.29, 0.717) is 5.82 Å². The van der Waals surface area contributed by atoms with E-state index >= 15 is 0 Å². The molecule has 10 rings (SSSR count). The summed E-state index contributed by atoms with van der Waals surface area (Å²) in [6.07, 6.45) is 0. The molecule has 0 fully saturated rings. The van der Waals surface area contributed by atoms with E-state index in [1.54, 1.807) is 0 Å². The van der Waals surface area contributed by atoms with Crippen molar-refractivity contribution in [2.45, 2.75) is 19.3 Å². The molecular formula is C50H35N3. The zero-order chi connectivity index (χ0) is 35.5. The molecule has 0 unspecified atom stereocenters. The van der Waals surface area contributed by atoms with Crippen molar-refractivity contribution in [3.63, 3.8) is 0 Å². The summed E-state index contributed by atoms with van der Waals surface area (Å²) >= 11 is 0. The van der Waals surface area contributed by atoms with Crippen LogP contribution in [0, 0.1) is 0 Å². The van der Waals surface area contributed by atoms with E-state index in [-0.39, 0.29) is 5.41 Å². The summed E-state index contributed by atoms with van der Waals surface area (Å²) in [5.74, 6) is 0.689. The highest BCUT2D eigenvalue weighted by atomic mass is 14.9. The van der Waals surface area contributed by atoms with Gasteiger partial charge in [0.05, 0.1) is 22.6 Å². The van der Waals surface area contributed by atoms with E-state index in [2.05, 4.69) is 184 Å². The molecule has 0 amide bonds. The van der Waals surface area contributed by atoms with E-state index in [1.165, 1.54) is 33.0 Å². The lowest BCUT2D eigenvalue weighted by Crippen LogP contribution is -2.14. The zero-order valence-corrected chi connectivity index (χ0v) is 29.6. The number of hydrogen-bond donors (Lipinski definition) is 0. The van der Waals surface area contributed by atoms with Gasteiger partial charge in [0.25, 0.3) is 0 Å². The summed E-state index contributed by atoms with van der Waals surface area (Å²) in [4.78, 5) is 15.8. The Bertz CT molecular complexity index is 2850. The molecule has 3 heteroatoms. The molecule has 7 aromatic carbocycles. The largest absolute Gasteiger partial charge is 0.248 e. The average Bonchev–Trinajstić information content (AvgIpc) is 3.45. The number of fused-ring (bicyclic) bond motifs is 5. The Morgan fingerprint density at radius 2 is 0.962 bits per heavy atom. The highest BCUT2D eigenvalue weighted by Gasteiger charge is 2.35. The Balaban J connectivity index is 1.19. The van der Waals surface area contributed by atoms with Crippen LogP contribution >= 0.6 is 0 Å². The molecule has 2 heterocycles. The van der Waals surface area contributed by atoms with Crippen molar-refractivity contribution in [3.05, 3.63) is 187 Å². The van der Waals surface area contributed by atoms with Crippen molar-refractivity contribution in [2.24, 2.45) is 0 Å². The van der Waals surface area contributed by atoms with Crippen molar-refractivity contribution < 1.29 is 0 Å². The van der Waals surface area contributed by atoms with Crippen LogP contribution in [0.3, 0.4) is 0 Å². The molecule has 0 saturated carbocycles. The van der Waals surface area contributed by atoms with Crippen LogP contribution in [0.2, 0.25) is 0 Å². The lowest BCUT2D eigenvalue weighted by atomic mass is 9.82. The molecule has 9 aromatic rings. The van der Waals surface area contributed by atoms with Crippen LogP contribution in [0.25, 0.3) is 89.1 Å². The first-order chi connectivity index (χ1) is 26.0. The van der Waals surface area contributed by atoms with E-state index in [1.807, 2.05) is 6.07 Å². The van der Waals surface area contributed by atoms with Crippen LogP contribution in [-0.2, 0) is 5.41 Å². The smallest absolute Gasteiger partial charge is 0.160 e. The monoisotopic (exact) mass is 677 g/mol. The normalized spacial score (nSPS) is 12.9. The van der Waals surface area contributed by atoms with Crippen LogP contribution in [-0.4, -0.2) is 15.0 Å². The Morgan fingerprint density at radius 1 is 0.358 bits per heavy atom. The predicted molar refractivity (Wildman–Crippen MR) is 220 cm³/mol. The Hall–Kier alpha value is -6.71. The highest BCUT2D eigenvalue weighted by molar-refractivity contribution is 6.02. The molecule has 0 saturated heterocycles. The van der Waals surface area contributed by atoms with Crippen LogP contribution in [0.1, 0.15) is 25.0 Å². The summed E-state index contributed by atoms with van der Waals surface area (Å²) < 4.78 is 0. The van der Waals surface area contributed by atoms with Crippen molar-refractivity contribution in [1.29, 1.82) is 0 Å². The maximum atomic E-state index is 5.31. The molecule has 0 spiro atoms. The zero-order valence-electron chi connectivity index (χ0n) is 29.6. The topological polar surface area (TPSA) is 38.7 Å². The van der Waals surface area contributed by atoms with Crippen molar-refractivity contribution >= 4 is 21.7 Å². The fraction of sp³-hybridized carbons (Fsp3) is 0.0600. The van der Waals surface area contributed by atoms with Gasteiger partial charge in [-0.2, -0.15) is 0 Å². The lowest BCUT2D eigenvalue weighted by Gasteiger charge is -2.22. The summed E-state index contributed by atoms with van der Waals surface area (Å²) in [6.45, 7) is 4.65. The fourth-order valence-electron chi connectivity index (χ4n) is 8.16. The molecular weight excluding hydrogens is 643 g/mol. The number of pyridine rings is 1. The third-order valence-electron chi connectivity index (χ3n) is 10.9. The van der Waals surface area contributed by atoms with Gasteiger partial charge in [0.1, 0.15) is 0 Å². The second-order valence-electron chi connectivity index (χ2n) is 14.4. The van der Waals surface area contributed by atoms with Crippen molar-refractivity contribution in [1.82, 2.24) is 15.0 Å². The lowest BCUT2D eigenvalue weighted by molar-refractivity contribution is 0.661. The molecule has 250 valence electrons. The SMILES string of the molecule is CC1(C)c2ccccc2-c2cc3c(-c4cccc(-c5nc(-c6ccccc6)cc(-c6cccc7ccccc67)n5)c4)cc(-c4ccccc4)nc3cc21. The minimum absolute atomic E-state index is 0.118. The molecule has 1 aliphatic rings. The standard InChI is InChI=1S/C50H35N3/c1-50(2)43-26-12-11-24-38(43)41-28-42-40(29-45(33-16-5-3-6-17-33)51-47(42)30-44(41)50)35-21-13-22-36(27-35)49-52-46(34-18-7-4-8-19-34)31-48(53-49)39-25-14-20-32-15-9-10-23-37(32)39/h3-31H,1-2H3. The molecule has 0 bridgehead atoms. The molecule has 1 aliphatic carbocycles.